The highest BCUT2D eigenvalue weighted by Gasteiger charge is 2.24. The van der Waals surface area contributed by atoms with E-state index >= 15 is 0 Å². The van der Waals surface area contributed by atoms with Gasteiger partial charge < -0.3 is 35.1 Å². The fourth-order valence-corrected chi connectivity index (χ4v) is 8.51. The fourth-order valence-electron chi connectivity index (χ4n) is 8.51. The van der Waals surface area contributed by atoms with E-state index in [0.29, 0.717) is 0 Å². The minimum Gasteiger partial charge on any atom is -0.453 e. The lowest BCUT2D eigenvalue weighted by Crippen LogP contribution is -2.10. The molecule has 290 valence electrons. The Kier molecular flexibility index (Phi) is 8.03. The van der Waals surface area contributed by atoms with Gasteiger partial charge in [0.25, 0.3) is 0 Å². The van der Waals surface area contributed by atoms with Crippen LogP contribution in [0.5, 0.6) is 34.5 Å². The van der Waals surface area contributed by atoms with Crippen molar-refractivity contribution in [3.8, 4) is 67.9 Å². The van der Waals surface area contributed by atoms with Crippen molar-refractivity contribution in [2.45, 2.75) is 0 Å². The summed E-state index contributed by atoms with van der Waals surface area (Å²) in [5, 5.41) is 10.9. The molecular formula is C54H36N4O3. The zero-order valence-electron chi connectivity index (χ0n) is 32.7. The maximum Gasteiger partial charge on any atom is 0.151 e. The average Bonchev–Trinajstić information content (AvgIpc) is 3.32. The van der Waals surface area contributed by atoms with Crippen molar-refractivity contribution < 1.29 is 14.2 Å². The number of nitrogens with one attached hydrogen (secondary N) is 3. The van der Waals surface area contributed by atoms with Gasteiger partial charge in [-0.25, -0.2) is 0 Å². The molecular weight excluding hydrogens is 753 g/mol. The molecule has 0 aliphatic carbocycles. The van der Waals surface area contributed by atoms with Crippen molar-refractivity contribution in [1.29, 1.82) is 0 Å². The van der Waals surface area contributed by atoms with E-state index in [1.807, 2.05) is 109 Å². The minimum absolute atomic E-state index is 0.804. The van der Waals surface area contributed by atoms with E-state index in [1.165, 1.54) is 0 Å². The van der Waals surface area contributed by atoms with Gasteiger partial charge >= 0.3 is 0 Å². The van der Waals surface area contributed by atoms with E-state index in [0.717, 1.165) is 119 Å². The molecule has 0 spiro atoms. The Morgan fingerprint density at radius 2 is 0.541 bits per heavy atom. The molecule has 7 nitrogen and oxygen atoms in total. The van der Waals surface area contributed by atoms with Crippen LogP contribution in [0.4, 0.5) is 51.2 Å². The highest BCUT2D eigenvalue weighted by atomic mass is 16.5. The van der Waals surface area contributed by atoms with Crippen LogP contribution >= 0.6 is 0 Å². The second-order valence-corrected chi connectivity index (χ2v) is 15.2. The summed E-state index contributed by atoms with van der Waals surface area (Å²) in [5.74, 6) is 4.87. The minimum atomic E-state index is 0.804. The first-order chi connectivity index (χ1) is 30.2. The van der Waals surface area contributed by atoms with Crippen LogP contribution < -0.4 is 35.1 Å². The molecule has 12 rings (SSSR count). The van der Waals surface area contributed by atoms with E-state index in [4.69, 9.17) is 14.2 Å². The Balaban J connectivity index is 0.910. The van der Waals surface area contributed by atoms with Crippen LogP contribution in [0, 0.1) is 0 Å². The maximum atomic E-state index is 6.30. The summed E-state index contributed by atoms with van der Waals surface area (Å²) in [6.45, 7) is 0. The van der Waals surface area contributed by atoms with Gasteiger partial charge in [0.05, 0.1) is 34.1 Å². The average molecular weight is 789 g/mol. The Bertz CT molecular complexity index is 2810. The molecule has 0 amide bonds. The number of rotatable bonds is 6. The van der Waals surface area contributed by atoms with E-state index < -0.39 is 0 Å². The summed E-state index contributed by atoms with van der Waals surface area (Å²) >= 11 is 0. The summed E-state index contributed by atoms with van der Waals surface area (Å²) in [6.07, 6.45) is 0. The molecule has 3 heterocycles. The highest BCUT2D eigenvalue weighted by Crippen LogP contribution is 2.50. The van der Waals surface area contributed by atoms with E-state index in [9.17, 15) is 0 Å². The third-order valence-corrected chi connectivity index (χ3v) is 11.5. The van der Waals surface area contributed by atoms with Gasteiger partial charge in [-0.2, -0.15) is 0 Å². The SMILES string of the molecule is c1ccc2c(c1)Nc1c(cccc1-c1ccc(N(c3ccc(-c4cccc5c4Nc4ccccc4O5)cc3)c3ccc(-c4cccc5c4Nc4ccccc4O5)cc3)cc1)O2. The molecule has 0 atom stereocenters. The molecule has 61 heavy (non-hydrogen) atoms. The molecule has 0 aromatic heterocycles. The van der Waals surface area contributed by atoms with Gasteiger partial charge in [0.15, 0.2) is 34.5 Å². The monoisotopic (exact) mass is 788 g/mol. The molecule has 9 aromatic rings. The molecule has 0 radical (unpaired) electrons. The maximum absolute atomic E-state index is 6.30. The van der Waals surface area contributed by atoms with Gasteiger partial charge in [-0.15, -0.1) is 0 Å². The first-order valence-electron chi connectivity index (χ1n) is 20.3. The van der Waals surface area contributed by atoms with Crippen LogP contribution in [0.15, 0.2) is 200 Å². The van der Waals surface area contributed by atoms with Gasteiger partial charge in [-0.3, -0.25) is 0 Å². The van der Waals surface area contributed by atoms with Crippen molar-refractivity contribution in [2.75, 3.05) is 20.9 Å². The molecule has 9 aromatic carbocycles. The quantitative estimate of drug-likeness (QED) is 0.155. The molecule has 7 heteroatoms. The van der Waals surface area contributed by atoms with Crippen molar-refractivity contribution in [3.05, 3.63) is 200 Å². The third-order valence-electron chi connectivity index (χ3n) is 11.5. The molecule has 0 unspecified atom stereocenters. The van der Waals surface area contributed by atoms with Gasteiger partial charge in [-0.1, -0.05) is 109 Å². The van der Waals surface area contributed by atoms with Gasteiger partial charge in [0, 0.05) is 33.8 Å². The lowest BCUT2D eigenvalue weighted by molar-refractivity contribution is 0.481. The summed E-state index contributed by atoms with van der Waals surface area (Å²) < 4.78 is 18.9. The van der Waals surface area contributed by atoms with Crippen LogP contribution in [0.3, 0.4) is 0 Å². The lowest BCUT2D eigenvalue weighted by atomic mass is 9.99. The number of hydrogen-bond donors (Lipinski definition) is 3. The number of benzene rings is 9. The van der Waals surface area contributed by atoms with E-state index in [1.54, 1.807) is 0 Å². The van der Waals surface area contributed by atoms with Crippen LogP contribution in [0.1, 0.15) is 0 Å². The van der Waals surface area contributed by atoms with Crippen molar-refractivity contribution in [3.63, 3.8) is 0 Å². The fraction of sp³-hybridized carbons (Fsp3) is 0. The number of ether oxygens (including phenoxy) is 3. The number of nitrogens with zero attached hydrogens (tertiary/aromatic N) is 1. The summed E-state index contributed by atoms with van der Waals surface area (Å²) in [7, 11) is 0. The smallest absolute Gasteiger partial charge is 0.151 e. The van der Waals surface area contributed by atoms with Gasteiger partial charge in [0.2, 0.25) is 0 Å². The number of hydrogen-bond acceptors (Lipinski definition) is 7. The van der Waals surface area contributed by atoms with E-state index in [2.05, 4.69) is 112 Å². The third kappa shape index (κ3) is 6.07. The predicted octanol–water partition coefficient (Wildman–Crippen LogP) is 15.7. The number of fused-ring (bicyclic) bond motifs is 6. The van der Waals surface area contributed by atoms with Crippen LogP contribution in [-0.2, 0) is 0 Å². The Morgan fingerprint density at radius 1 is 0.262 bits per heavy atom. The van der Waals surface area contributed by atoms with Crippen LogP contribution in [0.2, 0.25) is 0 Å². The van der Waals surface area contributed by atoms with Crippen LogP contribution in [-0.4, -0.2) is 0 Å². The largest absolute Gasteiger partial charge is 0.453 e. The molecule has 0 fully saturated rings. The zero-order chi connectivity index (χ0) is 40.3. The first-order valence-corrected chi connectivity index (χ1v) is 20.3. The summed E-state index contributed by atoms with van der Waals surface area (Å²) in [4.78, 5) is 2.30. The van der Waals surface area contributed by atoms with E-state index in [-0.39, 0.29) is 0 Å². The molecule has 3 N–H and O–H groups in total. The van der Waals surface area contributed by atoms with Crippen LogP contribution in [0.25, 0.3) is 33.4 Å². The molecule has 0 saturated carbocycles. The van der Waals surface area contributed by atoms with Gasteiger partial charge in [-0.05, 0) is 108 Å². The van der Waals surface area contributed by atoms with Gasteiger partial charge in [0.1, 0.15) is 0 Å². The molecule has 0 saturated heterocycles. The van der Waals surface area contributed by atoms with Crippen molar-refractivity contribution in [1.82, 2.24) is 0 Å². The summed E-state index contributed by atoms with van der Waals surface area (Å²) in [6, 6.07) is 68.8. The Morgan fingerprint density at radius 3 is 0.852 bits per heavy atom. The Hall–Kier alpha value is -8.42. The number of para-hydroxylation sites is 9. The predicted molar refractivity (Wildman–Crippen MR) is 247 cm³/mol. The Labute approximate surface area is 353 Å². The lowest BCUT2D eigenvalue weighted by Gasteiger charge is -2.27. The zero-order valence-corrected chi connectivity index (χ0v) is 32.7. The first kappa shape index (κ1) is 34.6. The molecule has 0 bridgehead atoms. The highest BCUT2D eigenvalue weighted by molar-refractivity contribution is 5.93. The summed E-state index contributed by atoms with van der Waals surface area (Å²) in [5.41, 5.74) is 15.2. The second-order valence-electron chi connectivity index (χ2n) is 15.2. The normalized spacial score (nSPS) is 12.4. The molecule has 3 aliphatic heterocycles. The topological polar surface area (TPSA) is 67.0 Å². The van der Waals surface area contributed by atoms with Crippen molar-refractivity contribution >= 4 is 51.2 Å². The second kappa shape index (κ2) is 14.1. The number of anilines is 9. The standard InChI is InChI=1S/C54H36N4O3/c1-4-16-46-43(13-1)55-52-40(10-7-19-49(52)59-46)34-22-28-37(29-23-34)58(38-30-24-35(25-31-38)41-11-8-20-50-53(41)56-44-14-2-5-17-47(44)60-50)39-32-26-36(27-33-39)42-12-9-21-51-54(42)57-45-15-3-6-18-48(45)61-51/h1-33,55-57H. The van der Waals surface area contributed by atoms with Crippen molar-refractivity contribution in [2.24, 2.45) is 0 Å². The molecule has 3 aliphatic rings.